The summed E-state index contributed by atoms with van der Waals surface area (Å²) in [7, 11) is 1.91. The summed E-state index contributed by atoms with van der Waals surface area (Å²) in [5.74, 6) is 3.33. The lowest BCUT2D eigenvalue weighted by atomic mass is 9.89. The van der Waals surface area contributed by atoms with Gasteiger partial charge in [0.15, 0.2) is 0 Å². The lowest BCUT2D eigenvalue weighted by molar-refractivity contribution is 0.194. The molecule has 3 unspecified atom stereocenters. The lowest BCUT2D eigenvalue weighted by Gasteiger charge is -2.23. The Hall–Kier alpha value is -0.440. The van der Waals surface area contributed by atoms with Crippen molar-refractivity contribution >= 4 is 23.2 Å². The number of halogens is 2. The molecule has 0 aliphatic heterocycles. The van der Waals surface area contributed by atoms with Gasteiger partial charge in [0.05, 0.1) is 11.6 Å². The molecule has 2 bridgehead atoms. The molecule has 0 spiro atoms. The van der Waals surface area contributed by atoms with Crippen molar-refractivity contribution < 1.29 is 4.74 Å². The van der Waals surface area contributed by atoms with Crippen molar-refractivity contribution in [2.75, 3.05) is 13.7 Å². The average molecular weight is 314 g/mol. The molecule has 0 saturated heterocycles. The Bertz CT molecular complexity index is 492. The molecule has 1 aromatic rings. The Balaban J connectivity index is 1.70. The highest BCUT2D eigenvalue weighted by Crippen LogP contribution is 2.48. The van der Waals surface area contributed by atoms with Gasteiger partial charge in [0.25, 0.3) is 0 Å². The van der Waals surface area contributed by atoms with E-state index >= 15 is 0 Å². The molecule has 1 aromatic carbocycles. The monoisotopic (exact) mass is 313 g/mol. The van der Waals surface area contributed by atoms with Crippen LogP contribution in [0.4, 0.5) is 0 Å². The van der Waals surface area contributed by atoms with Crippen LogP contribution in [0.1, 0.15) is 31.2 Å². The molecule has 2 aliphatic carbocycles. The first-order valence-electron chi connectivity index (χ1n) is 7.42. The fourth-order valence-corrected chi connectivity index (χ4v) is 4.46. The molecule has 3 rings (SSSR count). The highest BCUT2D eigenvalue weighted by Gasteiger charge is 2.39. The number of ether oxygens (including phenoxy) is 1. The summed E-state index contributed by atoms with van der Waals surface area (Å²) < 4.78 is 6.08. The summed E-state index contributed by atoms with van der Waals surface area (Å²) in [5, 5.41) is 4.41. The van der Waals surface area contributed by atoms with Crippen LogP contribution in [0.2, 0.25) is 10.0 Å². The number of hydrogen-bond donors (Lipinski definition) is 1. The van der Waals surface area contributed by atoms with Gasteiger partial charge in [-0.25, -0.2) is 0 Å². The minimum Gasteiger partial charge on any atom is -0.491 e. The van der Waals surface area contributed by atoms with Crippen molar-refractivity contribution in [2.24, 2.45) is 17.8 Å². The van der Waals surface area contributed by atoms with Gasteiger partial charge < -0.3 is 10.1 Å². The fraction of sp³-hybridized carbons (Fsp3) is 0.625. The van der Waals surface area contributed by atoms with E-state index in [1.54, 1.807) is 6.07 Å². The molecule has 0 aromatic heterocycles. The molecule has 0 radical (unpaired) electrons. The summed E-state index contributed by atoms with van der Waals surface area (Å²) >= 11 is 12.4. The smallest absolute Gasteiger partial charge is 0.142 e. The van der Waals surface area contributed by atoms with E-state index in [2.05, 4.69) is 5.32 Å². The number of fused-ring (bicyclic) bond motifs is 2. The van der Waals surface area contributed by atoms with Gasteiger partial charge in [-0.15, -0.1) is 0 Å². The van der Waals surface area contributed by atoms with E-state index in [1.807, 2.05) is 13.1 Å². The first-order chi connectivity index (χ1) is 9.67. The first kappa shape index (κ1) is 14.5. The third kappa shape index (κ3) is 2.93. The van der Waals surface area contributed by atoms with Crippen molar-refractivity contribution in [3.63, 3.8) is 0 Å². The van der Waals surface area contributed by atoms with Crippen LogP contribution in [0.5, 0.6) is 5.75 Å². The Morgan fingerprint density at radius 3 is 2.75 bits per heavy atom. The van der Waals surface area contributed by atoms with Crippen LogP contribution in [-0.2, 0) is 6.54 Å². The minimum absolute atomic E-state index is 0.617. The average Bonchev–Trinajstić information content (AvgIpc) is 3.00. The van der Waals surface area contributed by atoms with Gasteiger partial charge in [0.2, 0.25) is 0 Å². The SMILES string of the molecule is CNCc1cc(Cl)cc(Cl)c1OCC1CC2CCC1C2. The molecule has 110 valence electrons. The normalized spacial score (nSPS) is 28.1. The van der Waals surface area contributed by atoms with Crippen LogP contribution in [0.15, 0.2) is 12.1 Å². The topological polar surface area (TPSA) is 21.3 Å². The van der Waals surface area contributed by atoms with Gasteiger partial charge in [0.1, 0.15) is 5.75 Å². The van der Waals surface area contributed by atoms with Crippen molar-refractivity contribution in [3.05, 3.63) is 27.7 Å². The highest BCUT2D eigenvalue weighted by atomic mass is 35.5. The van der Waals surface area contributed by atoms with E-state index < -0.39 is 0 Å². The second kappa shape index (κ2) is 6.13. The second-order valence-electron chi connectivity index (χ2n) is 6.15. The van der Waals surface area contributed by atoms with Crippen LogP contribution in [0, 0.1) is 17.8 Å². The zero-order valence-corrected chi connectivity index (χ0v) is 13.3. The van der Waals surface area contributed by atoms with E-state index in [9.17, 15) is 0 Å². The molecular formula is C16H21Cl2NO. The van der Waals surface area contributed by atoms with E-state index in [0.717, 1.165) is 29.8 Å². The number of benzene rings is 1. The zero-order chi connectivity index (χ0) is 14.1. The van der Waals surface area contributed by atoms with Crippen LogP contribution in [0.3, 0.4) is 0 Å². The number of nitrogens with one attached hydrogen (secondary N) is 1. The van der Waals surface area contributed by atoms with Gasteiger partial charge in [0, 0.05) is 17.1 Å². The minimum atomic E-state index is 0.617. The maximum atomic E-state index is 6.30. The van der Waals surface area contributed by atoms with E-state index in [1.165, 1.54) is 25.7 Å². The van der Waals surface area contributed by atoms with Crippen LogP contribution in [0.25, 0.3) is 0 Å². The molecule has 2 saturated carbocycles. The van der Waals surface area contributed by atoms with E-state index in [0.29, 0.717) is 22.5 Å². The quantitative estimate of drug-likeness (QED) is 0.862. The summed E-state index contributed by atoms with van der Waals surface area (Å²) in [6, 6.07) is 3.69. The Morgan fingerprint density at radius 1 is 1.25 bits per heavy atom. The summed E-state index contributed by atoms with van der Waals surface area (Å²) in [5.41, 5.74) is 1.04. The fourth-order valence-electron chi connectivity index (χ4n) is 3.87. The molecule has 2 aliphatic rings. The predicted octanol–water partition coefficient (Wildman–Crippen LogP) is 4.53. The third-order valence-corrected chi connectivity index (χ3v) is 5.28. The standard InChI is InChI=1S/C16H21Cl2NO/c1-19-8-12-6-14(17)7-15(18)16(12)20-9-13-5-10-2-3-11(13)4-10/h6-7,10-11,13,19H,2-5,8-9H2,1H3. The maximum absolute atomic E-state index is 6.30. The van der Waals surface area contributed by atoms with Crippen molar-refractivity contribution in [2.45, 2.75) is 32.2 Å². The molecule has 0 amide bonds. The van der Waals surface area contributed by atoms with E-state index in [4.69, 9.17) is 27.9 Å². The first-order valence-corrected chi connectivity index (χ1v) is 8.18. The van der Waals surface area contributed by atoms with Gasteiger partial charge >= 0.3 is 0 Å². The number of hydrogen-bond acceptors (Lipinski definition) is 2. The molecular weight excluding hydrogens is 293 g/mol. The van der Waals surface area contributed by atoms with Crippen LogP contribution in [-0.4, -0.2) is 13.7 Å². The highest BCUT2D eigenvalue weighted by molar-refractivity contribution is 6.35. The van der Waals surface area contributed by atoms with Crippen molar-refractivity contribution in [1.29, 1.82) is 0 Å². The van der Waals surface area contributed by atoms with E-state index in [-0.39, 0.29) is 0 Å². The molecule has 0 heterocycles. The zero-order valence-electron chi connectivity index (χ0n) is 11.8. The Kier molecular flexibility index (Phi) is 4.44. The molecule has 2 nitrogen and oxygen atoms in total. The molecule has 1 N–H and O–H groups in total. The van der Waals surface area contributed by atoms with Crippen molar-refractivity contribution in [3.8, 4) is 5.75 Å². The Labute approximate surface area is 130 Å². The summed E-state index contributed by atoms with van der Waals surface area (Å²) in [6.45, 7) is 1.51. The molecule has 4 heteroatoms. The maximum Gasteiger partial charge on any atom is 0.142 e. The number of rotatable bonds is 5. The van der Waals surface area contributed by atoms with Crippen LogP contribution >= 0.6 is 23.2 Å². The molecule has 2 fully saturated rings. The molecule has 20 heavy (non-hydrogen) atoms. The van der Waals surface area contributed by atoms with Gasteiger partial charge in [-0.2, -0.15) is 0 Å². The van der Waals surface area contributed by atoms with Gasteiger partial charge in [-0.1, -0.05) is 29.6 Å². The Morgan fingerprint density at radius 2 is 2.10 bits per heavy atom. The summed E-state index contributed by atoms with van der Waals surface area (Å²) in [4.78, 5) is 0. The molecule has 3 atom stereocenters. The summed E-state index contributed by atoms with van der Waals surface area (Å²) in [6.07, 6.45) is 5.55. The van der Waals surface area contributed by atoms with Crippen LogP contribution < -0.4 is 10.1 Å². The lowest BCUT2D eigenvalue weighted by Crippen LogP contribution is -2.19. The predicted molar refractivity (Wildman–Crippen MR) is 83.7 cm³/mol. The van der Waals surface area contributed by atoms with Crippen molar-refractivity contribution in [1.82, 2.24) is 5.32 Å². The second-order valence-corrected chi connectivity index (χ2v) is 7.00. The third-order valence-electron chi connectivity index (χ3n) is 4.78. The largest absolute Gasteiger partial charge is 0.491 e. The van der Waals surface area contributed by atoms with Gasteiger partial charge in [-0.05, 0) is 56.2 Å². The van der Waals surface area contributed by atoms with Gasteiger partial charge in [-0.3, -0.25) is 0 Å².